The summed E-state index contributed by atoms with van der Waals surface area (Å²) in [6.07, 6.45) is -0.591. The van der Waals surface area contributed by atoms with E-state index in [-0.39, 0.29) is 17.9 Å². The molecular formula is C12H24N2O3. The Bertz CT molecular complexity index is 266. The molecule has 0 aromatic heterocycles. The molecule has 3 N–H and O–H groups in total. The number of hydrogen-bond acceptors (Lipinski definition) is 4. The molecule has 0 aromatic rings. The van der Waals surface area contributed by atoms with Crippen LogP contribution in [0.5, 0.6) is 0 Å². The van der Waals surface area contributed by atoms with E-state index in [4.69, 9.17) is 4.74 Å². The summed E-state index contributed by atoms with van der Waals surface area (Å²) in [5, 5.41) is 15.7. The van der Waals surface area contributed by atoms with E-state index >= 15 is 0 Å². The van der Waals surface area contributed by atoms with Gasteiger partial charge in [0.15, 0.2) is 0 Å². The molecule has 0 saturated carbocycles. The Morgan fingerprint density at radius 2 is 2.18 bits per heavy atom. The van der Waals surface area contributed by atoms with Gasteiger partial charge in [-0.25, -0.2) is 0 Å². The number of rotatable bonds is 5. The molecule has 100 valence electrons. The molecule has 1 rings (SSSR count). The lowest BCUT2D eigenvalue weighted by Crippen LogP contribution is -2.55. The lowest BCUT2D eigenvalue weighted by Gasteiger charge is -2.31. The van der Waals surface area contributed by atoms with Gasteiger partial charge in [0.1, 0.15) is 0 Å². The summed E-state index contributed by atoms with van der Waals surface area (Å²) >= 11 is 0. The van der Waals surface area contributed by atoms with Crippen molar-refractivity contribution in [3.63, 3.8) is 0 Å². The van der Waals surface area contributed by atoms with Crippen LogP contribution < -0.4 is 10.6 Å². The van der Waals surface area contributed by atoms with Crippen LogP contribution in [-0.4, -0.2) is 48.5 Å². The summed E-state index contributed by atoms with van der Waals surface area (Å²) < 4.78 is 5.33. The molecule has 5 nitrogen and oxygen atoms in total. The number of aliphatic hydroxyl groups is 1. The first-order valence-electron chi connectivity index (χ1n) is 6.19. The second kappa shape index (κ2) is 5.80. The molecule has 1 aliphatic heterocycles. The predicted molar refractivity (Wildman–Crippen MR) is 65.7 cm³/mol. The molecule has 0 aliphatic carbocycles. The Balaban J connectivity index is 2.58. The van der Waals surface area contributed by atoms with E-state index in [2.05, 4.69) is 10.6 Å². The third-order valence-electron chi connectivity index (χ3n) is 3.37. The van der Waals surface area contributed by atoms with E-state index in [1.54, 1.807) is 6.92 Å². The number of aliphatic hydroxyl groups excluding tert-OH is 1. The van der Waals surface area contributed by atoms with Crippen molar-refractivity contribution in [1.82, 2.24) is 10.6 Å². The average molecular weight is 244 g/mol. The van der Waals surface area contributed by atoms with E-state index in [9.17, 15) is 9.90 Å². The zero-order valence-corrected chi connectivity index (χ0v) is 11.1. The summed E-state index contributed by atoms with van der Waals surface area (Å²) in [4.78, 5) is 12.1. The third kappa shape index (κ3) is 3.66. The van der Waals surface area contributed by atoms with Crippen molar-refractivity contribution in [2.24, 2.45) is 5.92 Å². The van der Waals surface area contributed by atoms with Gasteiger partial charge in [-0.1, -0.05) is 6.92 Å². The summed E-state index contributed by atoms with van der Waals surface area (Å²) in [6, 6.07) is 0.0739. The van der Waals surface area contributed by atoms with E-state index in [1.165, 1.54) is 0 Å². The van der Waals surface area contributed by atoms with Crippen LogP contribution in [0.25, 0.3) is 0 Å². The molecule has 1 amide bonds. The number of hydrogen-bond donors (Lipinski definition) is 3. The fourth-order valence-corrected chi connectivity index (χ4v) is 1.79. The fourth-order valence-electron chi connectivity index (χ4n) is 1.79. The molecule has 0 spiro atoms. The van der Waals surface area contributed by atoms with Crippen LogP contribution in [0.1, 0.15) is 27.7 Å². The maximum Gasteiger partial charge on any atom is 0.227 e. The van der Waals surface area contributed by atoms with E-state index < -0.39 is 11.6 Å². The Kier molecular flexibility index (Phi) is 4.91. The monoisotopic (exact) mass is 244 g/mol. The maximum atomic E-state index is 12.1. The molecule has 3 atom stereocenters. The minimum Gasteiger partial charge on any atom is -0.391 e. The molecular weight excluding hydrogens is 220 g/mol. The molecule has 1 fully saturated rings. The molecule has 17 heavy (non-hydrogen) atoms. The van der Waals surface area contributed by atoms with Crippen LogP contribution in [0.3, 0.4) is 0 Å². The number of likely N-dealkylation sites (N-methyl/N-ethyl adjacent to an activating group) is 1. The van der Waals surface area contributed by atoms with Gasteiger partial charge < -0.3 is 20.5 Å². The highest BCUT2D eigenvalue weighted by Crippen LogP contribution is 2.16. The normalized spacial score (nSPS) is 26.9. The quantitative estimate of drug-likeness (QED) is 0.631. The minimum absolute atomic E-state index is 0.0562. The molecule has 1 aliphatic rings. The van der Waals surface area contributed by atoms with E-state index in [0.717, 1.165) is 6.54 Å². The van der Waals surface area contributed by atoms with Crippen LogP contribution >= 0.6 is 0 Å². The van der Waals surface area contributed by atoms with Crippen molar-refractivity contribution < 1.29 is 14.6 Å². The minimum atomic E-state index is -0.615. The van der Waals surface area contributed by atoms with Crippen molar-refractivity contribution in [2.75, 3.05) is 19.8 Å². The first-order chi connectivity index (χ1) is 7.88. The van der Waals surface area contributed by atoms with Crippen LogP contribution in [0, 0.1) is 5.92 Å². The molecule has 1 saturated heterocycles. The lowest BCUT2D eigenvalue weighted by atomic mass is 9.95. The summed E-state index contributed by atoms with van der Waals surface area (Å²) in [5.41, 5.74) is -0.615. The molecule has 0 aromatic carbocycles. The van der Waals surface area contributed by atoms with Crippen LogP contribution in [0.4, 0.5) is 0 Å². The smallest absolute Gasteiger partial charge is 0.227 e. The Labute approximate surface area is 103 Å². The van der Waals surface area contributed by atoms with Gasteiger partial charge in [-0.15, -0.1) is 0 Å². The standard InChI is InChI=1S/C12H24N2O3/c1-5-13-10-7-17-6-9(10)11(16)14-12(3,4)8(2)15/h8-10,13,15H,5-7H2,1-4H3,(H,14,16). The van der Waals surface area contributed by atoms with Gasteiger partial charge in [-0.3, -0.25) is 4.79 Å². The second-order valence-corrected chi connectivity index (χ2v) is 5.20. The maximum absolute atomic E-state index is 12.1. The van der Waals surface area contributed by atoms with E-state index in [1.807, 2.05) is 20.8 Å². The van der Waals surface area contributed by atoms with Crippen molar-refractivity contribution in [2.45, 2.75) is 45.4 Å². The summed E-state index contributed by atoms with van der Waals surface area (Å²) in [7, 11) is 0. The third-order valence-corrected chi connectivity index (χ3v) is 3.37. The molecule has 5 heteroatoms. The van der Waals surface area contributed by atoms with Gasteiger partial charge in [0, 0.05) is 6.04 Å². The van der Waals surface area contributed by atoms with Gasteiger partial charge in [-0.05, 0) is 27.3 Å². The molecule has 0 bridgehead atoms. The number of carbonyl (C=O) groups is 1. The van der Waals surface area contributed by atoms with Crippen molar-refractivity contribution in [3.8, 4) is 0 Å². The Hall–Kier alpha value is -0.650. The lowest BCUT2D eigenvalue weighted by molar-refractivity contribution is -0.128. The van der Waals surface area contributed by atoms with Crippen molar-refractivity contribution in [3.05, 3.63) is 0 Å². The molecule has 1 heterocycles. The van der Waals surface area contributed by atoms with Gasteiger partial charge in [-0.2, -0.15) is 0 Å². The largest absolute Gasteiger partial charge is 0.391 e. The van der Waals surface area contributed by atoms with Crippen LogP contribution in [0.15, 0.2) is 0 Å². The molecule has 0 radical (unpaired) electrons. The van der Waals surface area contributed by atoms with Gasteiger partial charge in [0.05, 0.1) is 30.8 Å². The number of amides is 1. The summed E-state index contributed by atoms with van der Waals surface area (Å²) in [5.74, 6) is -0.229. The van der Waals surface area contributed by atoms with Gasteiger partial charge >= 0.3 is 0 Å². The predicted octanol–water partition coefficient (Wildman–Crippen LogP) is -0.113. The average Bonchev–Trinajstić information content (AvgIpc) is 2.65. The highest BCUT2D eigenvalue weighted by Gasteiger charge is 2.36. The first kappa shape index (κ1) is 14.4. The van der Waals surface area contributed by atoms with E-state index in [0.29, 0.717) is 13.2 Å². The van der Waals surface area contributed by atoms with Crippen LogP contribution in [0.2, 0.25) is 0 Å². The second-order valence-electron chi connectivity index (χ2n) is 5.20. The highest BCUT2D eigenvalue weighted by molar-refractivity contribution is 5.80. The zero-order valence-electron chi connectivity index (χ0n) is 11.1. The number of nitrogens with one attached hydrogen (secondary N) is 2. The topological polar surface area (TPSA) is 70.6 Å². The number of ether oxygens (including phenoxy) is 1. The first-order valence-corrected chi connectivity index (χ1v) is 6.19. The van der Waals surface area contributed by atoms with Crippen molar-refractivity contribution >= 4 is 5.91 Å². The van der Waals surface area contributed by atoms with Crippen molar-refractivity contribution in [1.29, 1.82) is 0 Å². The zero-order chi connectivity index (χ0) is 13.1. The Morgan fingerprint density at radius 3 is 2.71 bits per heavy atom. The molecule has 3 unspecified atom stereocenters. The number of carbonyl (C=O) groups excluding carboxylic acids is 1. The van der Waals surface area contributed by atoms with Gasteiger partial charge in [0.25, 0.3) is 0 Å². The fraction of sp³-hybridized carbons (Fsp3) is 0.917. The SMILES string of the molecule is CCNC1COCC1C(=O)NC(C)(C)C(C)O. The van der Waals surface area contributed by atoms with Crippen LogP contribution in [-0.2, 0) is 9.53 Å². The highest BCUT2D eigenvalue weighted by atomic mass is 16.5. The summed E-state index contributed by atoms with van der Waals surface area (Å²) in [6.45, 7) is 9.14. The van der Waals surface area contributed by atoms with Gasteiger partial charge in [0.2, 0.25) is 5.91 Å². The Morgan fingerprint density at radius 1 is 1.53 bits per heavy atom.